The predicted octanol–water partition coefficient (Wildman–Crippen LogP) is 2.92. The lowest BCUT2D eigenvalue weighted by Gasteiger charge is -2.28. The summed E-state index contributed by atoms with van der Waals surface area (Å²) in [6.45, 7) is 3.54. The van der Waals surface area contributed by atoms with Crippen molar-refractivity contribution in [1.82, 2.24) is 16.1 Å². The summed E-state index contributed by atoms with van der Waals surface area (Å²) in [4.78, 5) is 25.5. The minimum Gasteiger partial charge on any atom is -0.327 e. The van der Waals surface area contributed by atoms with E-state index in [1.165, 1.54) is 0 Å². The number of benzene rings is 1. The Morgan fingerprint density at radius 2 is 1.96 bits per heavy atom. The highest BCUT2D eigenvalue weighted by Gasteiger charge is 2.30. The number of hydrazone groups is 1. The second-order valence-electron chi connectivity index (χ2n) is 5.60. The summed E-state index contributed by atoms with van der Waals surface area (Å²) >= 11 is 1.55. The topological polar surface area (TPSA) is 82.6 Å². The molecule has 0 saturated carbocycles. The van der Waals surface area contributed by atoms with E-state index in [4.69, 9.17) is 0 Å². The van der Waals surface area contributed by atoms with Gasteiger partial charge in [0.1, 0.15) is 0 Å². The number of thiophene rings is 1. The van der Waals surface area contributed by atoms with Gasteiger partial charge < -0.3 is 10.6 Å². The van der Waals surface area contributed by atoms with Crippen LogP contribution in [-0.4, -0.2) is 17.6 Å². The first kappa shape index (κ1) is 16.9. The number of allylic oxidation sites excluding steroid dienone is 1. The molecule has 0 aliphatic carbocycles. The van der Waals surface area contributed by atoms with Crippen molar-refractivity contribution < 1.29 is 9.59 Å². The lowest BCUT2D eigenvalue weighted by molar-refractivity contribution is -0.117. The summed E-state index contributed by atoms with van der Waals surface area (Å²) in [7, 11) is 0. The molecule has 3 N–H and O–H groups in total. The van der Waals surface area contributed by atoms with Crippen LogP contribution in [0.4, 0.5) is 4.79 Å². The van der Waals surface area contributed by atoms with E-state index in [-0.39, 0.29) is 11.9 Å². The summed E-state index contributed by atoms with van der Waals surface area (Å²) in [6.07, 6.45) is 0. The molecule has 6 nitrogen and oxygen atoms in total. The van der Waals surface area contributed by atoms with Crippen molar-refractivity contribution in [2.45, 2.75) is 19.9 Å². The van der Waals surface area contributed by atoms with Crippen molar-refractivity contribution in [2.24, 2.45) is 5.10 Å². The Morgan fingerprint density at radius 1 is 1.20 bits per heavy atom. The average Bonchev–Trinajstić information content (AvgIpc) is 3.14. The van der Waals surface area contributed by atoms with E-state index in [0.29, 0.717) is 11.3 Å². The average molecular weight is 354 g/mol. The van der Waals surface area contributed by atoms with Crippen molar-refractivity contribution in [3.63, 3.8) is 0 Å². The van der Waals surface area contributed by atoms with Crippen LogP contribution in [0.5, 0.6) is 0 Å². The number of amides is 3. The van der Waals surface area contributed by atoms with Gasteiger partial charge >= 0.3 is 6.03 Å². The van der Waals surface area contributed by atoms with Crippen LogP contribution in [-0.2, 0) is 4.79 Å². The van der Waals surface area contributed by atoms with Crippen LogP contribution in [0.2, 0.25) is 0 Å². The van der Waals surface area contributed by atoms with Gasteiger partial charge in [0.05, 0.1) is 17.3 Å². The SMILES string of the molecule is CC1=C(C(=O)N/N=C(\C)c2cccs2)C(c2ccccc2)NC(=O)N1. The maximum atomic E-state index is 12.7. The van der Waals surface area contributed by atoms with Gasteiger partial charge in [0.25, 0.3) is 5.91 Å². The molecule has 0 radical (unpaired) electrons. The highest BCUT2D eigenvalue weighted by Crippen LogP contribution is 2.26. The van der Waals surface area contributed by atoms with Crippen LogP contribution in [0.15, 0.2) is 64.2 Å². The van der Waals surface area contributed by atoms with Crippen LogP contribution in [0, 0.1) is 0 Å². The first-order valence-electron chi connectivity index (χ1n) is 7.78. The first-order chi connectivity index (χ1) is 12.1. The van der Waals surface area contributed by atoms with Crippen molar-refractivity contribution >= 4 is 29.0 Å². The number of carbonyl (C=O) groups is 2. The zero-order valence-corrected chi connectivity index (χ0v) is 14.7. The van der Waals surface area contributed by atoms with Gasteiger partial charge in [-0.1, -0.05) is 36.4 Å². The molecule has 2 aromatic rings. The largest absolute Gasteiger partial charge is 0.327 e. The van der Waals surface area contributed by atoms with E-state index in [0.717, 1.165) is 16.2 Å². The number of hydrogen-bond donors (Lipinski definition) is 3. The third-order valence-electron chi connectivity index (χ3n) is 3.85. The number of carbonyl (C=O) groups excluding carboxylic acids is 2. The van der Waals surface area contributed by atoms with Gasteiger partial charge in [0.15, 0.2) is 0 Å². The summed E-state index contributed by atoms with van der Waals surface area (Å²) in [5.41, 5.74) is 5.10. The highest BCUT2D eigenvalue weighted by atomic mass is 32.1. The van der Waals surface area contributed by atoms with Crippen LogP contribution in [0.1, 0.15) is 30.3 Å². The quantitative estimate of drug-likeness (QED) is 0.583. The Hall–Kier alpha value is -2.93. The Bertz CT molecular complexity index is 841. The molecule has 1 aliphatic heterocycles. The Labute approximate surface area is 149 Å². The molecule has 0 saturated heterocycles. The van der Waals surface area contributed by atoms with Gasteiger partial charge in [0, 0.05) is 10.6 Å². The fraction of sp³-hybridized carbons (Fsp3) is 0.167. The van der Waals surface area contributed by atoms with Crippen LogP contribution >= 0.6 is 11.3 Å². The molecule has 3 rings (SSSR count). The molecule has 2 heterocycles. The molecule has 1 aliphatic rings. The number of urea groups is 1. The summed E-state index contributed by atoms with van der Waals surface area (Å²) in [5, 5.41) is 11.6. The van der Waals surface area contributed by atoms with Crippen LogP contribution in [0.3, 0.4) is 0 Å². The van der Waals surface area contributed by atoms with E-state index >= 15 is 0 Å². The second-order valence-corrected chi connectivity index (χ2v) is 6.54. The van der Waals surface area contributed by atoms with E-state index in [2.05, 4.69) is 21.2 Å². The molecule has 25 heavy (non-hydrogen) atoms. The van der Waals surface area contributed by atoms with Gasteiger partial charge in [-0.25, -0.2) is 10.2 Å². The minimum absolute atomic E-state index is 0.332. The maximum absolute atomic E-state index is 12.7. The van der Waals surface area contributed by atoms with E-state index < -0.39 is 6.04 Å². The van der Waals surface area contributed by atoms with Crippen molar-refractivity contribution in [3.8, 4) is 0 Å². The molecule has 1 aromatic carbocycles. The number of hydrogen-bond acceptors (Lipinski definition) is 4. The monoisotopic (exact) mass is 354 g/mol. The van der Waals surface area contributed by atoms with Crippen LogP contribution < -0.4 is 16.1 Å². The molecule has 128 valence electrons. The Morgan fingerprint density at radius 3 is 2.64 bits per heavy atom. The summed E-state index contributed by atoms with van der Waals surface area (Å²) < 4.78 is 0. The number of nitrogens with one attached hydrogen (secondary N) is 3. The first-order valence-corrected chi connectivity index (χ1v) is 8.66. The molecule has 0 spiro atoms. The number of nitrogens with zero attached hydrogens (tertiary/aromatic N) is 1. The molecule has 1 unspecified atom stereocenters. The maximum Gasteiger partial charge on any atom is 0.319 e. The zero-order chi connectivity index (χ0) is 17.8. The zero-order valence-electron chi connectivity index (χ0n) is 13.9. The van der Waals surface area contributed by atoms with Gasteiger partial charge in [0.2, 0.25) is 0 Å². The van der Waals surface area contributed by atoms with E-state index in [1.807, 2.05) is 54.8 Å². The lowest BCUT2D eigenvalue weighted by atomic mass is 9.95. The van der Waals surface area contributed by atoms with E-state index in [9.17, 15) is 9.59 Å². The Balaban J connectivity index is 1.86. The third kappa shape index (κ3) is 3.77. The molecular weight excluding hydrogens is 336 g/mol. The van der Waals surface area contributed by atoms with Gasteiger partial charge in [-0.05, 0) is 30.9 Å². The van der Waals surface area contributed by atoms with Crippen molar-refractivity contribution in [2.75, 3.05) is 0 Å². The molecule has 0 bridgehead atoms. The van der Waals surface area contributed by atoms with Crippen molar-refractivity contribution in [1.29, 1.82) is 0 Å². The standard InChI is InChI=1S/C18H18N4O2S/c1-11(14-9-6-10-25-14)21-22-17(23)15-12(2)19-18(24)20-16(15)13-7-4-3-5-8-13/h3-10,16H,1-2H3,(H,22,23)(H2,19,20,24)/b21-11+. The number of rotatable bonds is 4. The molecule has 3 amide bonds. The molecular formula is C18H18N4O2S. The third-order valence-corrected chi connectivity index (χ3v) is 4.83. The van der Waals surface area contributed by atoms with Gasteiger partial charge in [-0.2, -0.15) is 5.10 Å². The Kier molecular flexibility index (Phi) is 4.95. The lowest BCUT2D eigenvalue weighted by Crippen LogP contribution is -2.46. The van der Waals surface area contributed by atoms with Gasteiger partial charge in [-0.3, -0.25) is 4.79 Å². The normalized spacial score (nSPS) is 17.8. The predicted molar refractivity (Wildman–Crippen MR) is 98.2 cm³/mol. The molecule has 1 aromatic heterocycles. The highest BCUT2D eigenvalue weighted by molar-refractivity contribution is 7.12. The summed E-state index contributed by atoms with van der Waals surface area (Å²) in [5.74, 6) is -0.352. The molecule has 7 heteroatoms. The minimum atomic E-state index is -0.521. The second kappa shape index (κ2) is 7.31. The van der Waals surface area contributed by atoms with Gasteiger partial charge in [-0.15, -0.1) is 11.3 Å². The fourth-order valence-corrected chi connectivity index (χ4v) is 3.30. The summed E-state index contributed by atoms with van der Waals surface area (Å²) in [6, 6.07) is 12.4. The molecule has 0 fully saturated rings. The van der Waals surface area contributed by atoms with E-state index in [1.54, 1.807) is 18.3 Å². The smallest absolute Gasteiger partial charge is 0.319 e. The van der Waals surface area contributed by atoms with Crippen LogP contribution in [0.25, 0.3) is 0 Å². The van der Waals surface area contributed by atoms with Crippen molar-refractivity contribution in [3.05, 3.63) is 69.6 Å². The molecule has 1 atom stereocenters. The fourth-order valence-electron chi connectivity index (χ4n) is 2.62.